The summed E-state index contributed by atoms with van der Waals surface area (Å²) in [4.78, 5) is 4.24. The maximum Gasteiger partial charge on any atom is 0.141 e. The Morgan fingerprint density at radius 2 is 2.12 bits per heavy atom. The van der Waals surface area contributed by atoms with Gasteiger partial charge in [-0.25, -0.2) is 0 Å². The van der Waals surface area contributed by atoms with Gasteiger partial charge in [-0.3, -0.25) is 4.98 Å². The molecule has 84 valence electrons. The van der Waals surface area contributed by atoms with Gasteiger partial charge in [-0.1, -0.05) is 0 Å². The van der Waals surface area contributed by atoms with Crippen molar-refractivity contribution >= 4 is 21.9 Å². The van der Waals surface area contributed by atoms with E-state index in [1.165, 1.54) is 5.56 Å². The summed E-state index contributed by atoms with van der Waals surface area (Å²) < 4.78 is 11.4. The molecule has 0 radical (unpaired) electrons. The average Bonchev–Trinajstić information content (AvgIpc) is 2.90. The molecule has 1 aliphatic heterocycles. The molecule has 0 bridgehead atoms. The van der Waals surface area contributed by atoms with E-state index < -0.39 is 0 Å². The highest BCUT2D eigenvalue weighted by molar-refractivity contribution is 6.06. The monoisotopic (exact) mass is 225 g/mol. The molecular weight excluding hydrogens is 214 g/mol. The van der Waals surface area contributed by atoms with E-state index in [0.717, 1.165) is 46.3 Å². The van der Waals surface area contributed by atoms with Crippen LogP contribution in [0.25, 0.3) is 21.9 Å². The maximum absolute atomic E-state index is 5.89. The summed E-state index contributed by atoms with van der Waals surface area (Å²) in [5.41, 5.74) is 4.15. The fourth-order valence-corrected chi connectivity index (χ4v) is 2.49. The molecule has 1 aromatic carbocycles. The van der Waals surface area contributed by atoms with Gasteiger partial charge in [0.1, 0.15) is 16.9 Å². The number of pyridine rings is 1. The first-order valence-electron chi connectivity index (χ1n) is 5.75. The summed E-state index contributed by atoms with van der Waals surface area (Å²) in [6, 6.07) is 4.17. The lowest BCUT2D eigenvalue weighted by atomic mass is 10.1. The molecule has 0 amide bonds. The van der Waals surface area contributed by atoms with Gasteiger partial charge in [-0.05, 0) is 18.6 Å². The van der Waals surface area contributed by atoms with Crippen molar-refractivity contribution in [1.82, 2.24) is 4.98 Å². The van der Waals surface area contributed by atoms with Crippen molar-refractivity contribution in [2.24, 2.45) is 0 Å². The molecule has 0 atom stereocenters. The second-order valence-electron chi connectivity index (χ2n) is 4.49. The van der Waals surface area contributed by atoms with E-state index in [1.54, 1.807) is 0 Å². The topological polar surface area (TPSA) is 35.3 Å². The third-order valence-corrected chi connectivity index (χ3v) is 3.37. The standard InChI is InChI=1S/C14H11NO2/c1-8-6-15-7-11-10-4-9-2-3-16-12(9)5-13(10)17-14(8)11/h4-7H,2-3H2,1H3. The Bertz CT molecular complexity index is 743. The number of nitrogens with zero attached hydrogens (tertiary/aromatic N) is 1. The maximum atomic E-state index is 5.89. The number of aromatic nitrogens is 1. The lowest BCUT2D eigenvalue weighted by molar-refractivity contribution is 0.356. The molecule has 17 heavy (non-hydrogen) atoms. The molecule has 3 heteroatoms. The van der Waals surface area contributed by atoms with Crippen LogP contribution in [0.4, 0.5) is 0 Å². The van der Waals surface area contributed by atoms with Gasteiger partial charge in [0.15, 0.2) is 0 Å². The lowest BCUT2D eigenvalue weighted by Crippen LogP contribution is -1.85. The summed E-state index contributed by atoms with van der Waals surface area (Å²) in [7, 11) is 0. The van der Waals surface area contributed by atoms with E-state index in [1.807, 2.05) is 25.4 Å². The molecule has 0 unspecified atom stereocenters. The Morgan fingerprint density at radius 3 is 3.06 bits per heavy atom. The third-order valence-electron chi connectivity index (χ3n) is 3.37. The Labute approximate surface area is 98.0 Å². The smallest absolute Gasteiger partial charge is 0.141 e. The van der Waals surface area contributed by atoms with E-state index in [4.69, 9.17) is 9.15 Å². The molecule has 2 aromatic heterocycles. The first-order chi connectivity index (χ1) is 8.33. The number of fused-ring (bicyclic) bond motifs is 4. The van der Waals surface area contributed by atoms with Gasteiger partial charge in [0.2, 0.25) is 0 Å². The van der Waals surface area contributed by atoms with Crippen molar-refractivity contribution < 1.29 is 9.15 Å². The minimum Gasteiger partial charge on any atom is -0.493 e. The molecular formula is C14H11NO2. The van der Waals surface area contributed by atoms with Crippen molar-refractivity contribution in [3.63, 3.8) is 0 Å². The zero-order valence-corrected chi connectivity index (χ0v) is 9.49. The Hall–Kier alpha value is -2.03. The van der Waals surface area contributed by atoms with Crippen LogP contribution in [0.15, 0.2) is 28.9 Å². The second-order valence-corrected chi connectivity index (χ2v) is 4.49. The predicted molar refractivity (Wildman–Crippen MR) is 65.5 cm³/mol. The molecule has 0 N–H and O–H groups in total. The molecule has 0 aliphatic carbocycles. The number of benzene rings is 1. The van der Waals surface area contributed by atoms with Crippen LogP contribution < -0.4 is 4.74 Å². The lowest BCUT2D eigenvalue weighted by Gasteiger charge is -1.97. The molecule has 0 fully saturated rings. The van der Waals surface area contributed by atoms with Crippen molar-refractivity contribution in [2.45, 2.75) is 13.3 Å². The molecule has 0 saturated heterocycles. The highest BCUT2D eigenvalue weighted by Gasteiger charge is 2.17. The molecule has 0 saturated carbocycles. The predicted octanol–water partition coefficient (Wildman–Crippen LogP) is 3.22. The van der Waals surface area contributed by atoms with E-state index in [9.17, 15) is 0 Å². The van der Waals surface area contributed by atoms with Crippen LogP contribution in [0.1, 0.15) is 11.1 Å². The van der Waals surface area contributed by atoms with Crippen LogP contribution in [-0.2, 0) is 6.42 Å². The fourth-order valence-electron chi connectivity index (χ4n) is 2.49. The molecule has 3 aromatic rings. The van der Waals surface area contributed by atoms with Gasteiger partial charge in [0.05, 0.1) is 6.61 Å². The largest absolute Gasteiger partial charge is 0.493 e. The van der Waals surface area contributed by atoms with Gasteiger partial charge in [-0.15, -0.1) is 0 Å². The van der Waals surface area contributed by atoms with Crippen LogP contribution in [-0.4, -0.2) is 11.6 Å². The van der Waals surface area contributed by atoms with Crippen molar-refractivity contribution in [3.05, 3.63) is 35.7 Å². The Balaban J connectivity index is 2.19. The number of hydrogen-bond donors (Lipinski definition) is 0. The SMILES string of the molecule is Cc1cncc2c1oc1cc3c(cc12)CCO3. The van der Waals surface area contributed by atoms with Crippen LogP contribution in [0.2, 0.25) is 0 Å². The van der Waals surface area contributed by atoms with Crippen LogP contribution in [0.3, 0.4) is 0 Å². The van der Waals surface area contributed by atoms with Crippen LogP contribution in [0, 0.1) is 6.92 Å². The molecule has 1 aliphatic rings. The van der Waals surface area contributed by atoms with Crippen molar-refractivity contribution in [2.75, 3.05) is 6.61 Å². The highest BCUT2D eigenvalue weighted by atomic mass is 16.5. The summed E-state index contributed by atoms with van der Waals surface area (Å²) in [6.07, 6.45) is 4.68. The summed E-state index contributed by atoms with van der Waals surface area (Å²) in [5.74, 6) is 0.960. The molecule has 3 nitrogen and oxygen atoms in total. The normalized spacial score (nSPS) is 14.2. The first-order valence-corrected chi connectivity index (χ1v) is 5.75. The fraction of sp³-hybridized carbons (Fsp3) is 0.214. The van der Waals surface area contributed by atoms with Gasteiger partial charge in [-0.2, -0.15) is 0 Å². The first kappa shape index (κ1) is 9.05. The van der Waals surface area contributed by atoms with Crippen LogP contribution >= 0.6 is 0 Å². The van der Waals surface area contributed by atoms with Crippen molar-refractivity contribution in [3.8, 4) is 5.75 Å². The summed E-state index contributed by atoms with van der Waals surface area (Å²) >= 11 is 0. The third kappa shape index (κ3) is 1.14. The van der Waals surface area contributed by atoms with E-state index in [-0.39, 0.29) is 0 Å². The van der Waals surface area contributed by atoms with Gasteiger partial charge in [0, 0.05) is 41.2 Å². The number of ether oxygens (including phenoxy) is 1. The van der Waals surface area contributed by atoms with E-state index in [0.29, 0.717) is 0 Å². The highest BCUT2D eigenvalue weighted by Crippen LogP contribution is 2.36. The number of aryl methyl sites for hydroxylation is 1. The molecule has 0 spiro atoms. The van der Waals surface area contributed by atoms with Crippen molar-refractivity contribution in [1.29, 1.82) is 0 Å². The number of rotatable bonds is 0. The van der Waals surface area contributed by atoms with Gasteiger partial charge in [0.25, 0.3) is 0 Å². The molecule has 3 heterocycles. The summed E-state index contributed by atoms with van der Waals surface area (Å²) in [6.45, 7) is 2.79. The van der Waals surface area contributed by atoms with Gasteiger partial charge < -0.3 is 9.15 Å². The number of hydrogen-bond acceptors (Lipinski definition) is 3. The zero-order chi connectivity index (χ0) is 11.4. The Morgan fingerprint density at radius 1 is 1.18 bits per heavy atom. The average molecular weight is 225 g/mol. The zero-order valence-electron chi connectivity index (χ0n) is 9.49. The quantitative estimate of drug-likeness (QED) is 0.589. The summed E-state index contributed by atoms with van der Waals surface area (Å²) in [5, 5.41) is 2.23. The van der Waals surface area contributed by atoms with Crippen LogP contribution in [0.5, 0.6) is 5.75 Å². The second kappa shape index (κ2) is 3.00. The van der Waals surface area contributed by atoms with E-state index >= 15 is 0 Å². The van der Waals surface area contributed by atoms with Gasteiger partial charge >= 0.3 is 0 Å². The minimum absolute atomic E-state index is 0.775. The number of furan rings is 1. The van der Waals surface area contributed by atoms with E-state index in [2.05, 4.69) is 11.1 Å². The Kier molecular flexibility index (Phi) is 1.60. The molecule has 4 rings (SSSR count). The minimum atomic E-state index is 0.775.